The number of phenols is 1. The third kappa shape index (κ3) is 6.08. The molecule has 0 fully saturated rings. The van der Waals surface area contributed by atoms with Crippen LogP contribution in [0.4, 0.5) is 5.69 Å². The number of hydrogen-bond acceptors (Lipinski definition) is 4. The lowest BCUT2D eigenvalue weighted by molar-refractivity contribution is 0.463. The molecule has 0 aromatic heterocycles. The summed E-state index contributed by atoms with van der Waals surface area (Å²) in [6.45, 7) is 3.94. The predicted octanol–water partition coefficient (Wildman–Crippen LogP) is 10.9. The molecule has 4 heteroatoms. The maximum absolute atomic E-state index is 11.4. The van der Waals surface area contributed by atoms with Gasteiger partial charge in [-0.2, -0.15) is 0 Å². The van der Waals surface area contributed by atoms with Gasteiger partial charge in [0, 0.05) is 23.1 Å². The summed E-state index contributed by atoms with van der Waals surface area (Å²) in [5.74, 6) is 6.90. The first kappa shape index (κ1) is 35.1. The van der Waals surface area contributed by atoms with Crippen LogP contribution in [0.3, 0.4) is 0 Å². The van der Waals surface area contributed by atoms with E-state index in [4.69, 9.17) is 11.6 Å². The van der Waals surface area contributed by atoms with Crippen LogP contribution in [-0.2, 0) is 5.41 Å². The normalized spacial score (nSPS) is 22.5. The van der Waals surface area contributed by atoms with Gasteiger partial charge in [-0.15, -0.1) is 0 Å². The molecule has 0 saturated heterocycles. The van der Waals surface area contributed by atoms with Gasteiger partial charge in [-0.25, -0.2) is 5.43 Å². The zero-order valence-electron chi connectivity index (χ0n) is 30.5. The van der Waals surface area contributed by atoms with Crippen LogP contribution in [0.15, 0.2) is 193 Å². The Morgan fingerprint density at radius 3 is 2.43 bits per heavy atom. The van der Waals surface area contributed by atoms with Gasteiger partial charge in [0.05, 0.1) is 11.5 Å². The van der Waals surface area contributed by atoms with Crippen LogP contribution >= 0.6 is 0 Å². The molecule has 4 atom stereocenters. The van der Waals surface area contributed by atoms with Crippen LogP contribution in [0.25, 0.3) is 11.1 Å². The van der Waals surface area contributed by atoms with Crippen molar-refractivity contribution in [1.29, 1.82) is 0 Å². The van der Waals surface area contributed by atoms with Gasteiger partial charge < -0.3 is 10.8 Å². The molecule has 0 amide bonds. The van der Waals surface area contributed by atoms with E-state index in [1.807, 2.05) is 48.6 Å². The number of hydrogen-bond donors (Lipinski definition) is 4. The molecule has 4 aromatic carbocycles. The van der Waals surface area contributed by atoms with Crippen LogP contribution in [0.5, 0.6) is 5.75 Å². The van der Waals surface area contributed by atoms with Gasteiger partial charge in [0.25, 0.3) is 0 Å². The molecule has 0 bridgehead atoms. The van der Waals surface area contributed by atoms with Crippen LogP contribution in [0, 0.1) is 5.92 Å². The zero-order valence-corrected chi connectivity index (χ0v) is 30.5. The van der Waals surface area contributed by atoms with Crippen molar-refractivity contribution >= 4 is 16.8 Å². The summed E-state index contributed by atoms with van der Waals surface area (Å²) in [6, 6.07) is 33.1. The standard InChI is InChI=1S/C44H40N2O.C6H7N/c1-2-3-14-31(42-35(20-13-24-41(42)47)43(46-45)30-15-5-4-6-16-30)27-29-25-26-40-36(28-29)34-19-9-12-23-39(34)44(40)37-21-10-7-17-32(37)33-18-8-11-22-38(33)44;7-6-4-2-1-3-5-6/h2-5,7,9-10,12-15,17-28,36,40,43,46-47H,1,6,8,11,16,45H2;1-5H,7H2/b14-3-,31-27+;. The number of nitrogens with one attached hydrogen (secondary N) is 1. The average Bonchev–Trinajstić information content (AvgIpc) is 3.68. The molecule has 0 aliphatic heterocycles. The molecule has 5 aliphatic carbocycles. The van der Waals surface area contributed by atoms with Crippen molar-refractivity contribution in [2.45, 2.75) is 43.1 Å². The number of anilines is 1. The maximum Gasteiger partial charge on any atom is 0.123 e. The minimum atomic E-state index is -0.224. The van der Waals surface area contributed by atoms with Gasteiger partial charge in [0.15, 0.2) is 0 Å². The summed E-state index contributed by atoms with van der Waals surface area (Å²) in [5, 5.41) is 11.4. The van der Waals surface area contributed by atoms with Crippen molar-refractivity contribution in [3.05, 3.63) is 227 Å². The van der Waals surface area contributed by atoms with Gasteiger partial charge in [-0.1, -0.05) is 152 Å². The van der Waals surface area contributed by atoms with Crippen LogP contribution < -0.4 is 17.0 Å². The molecule has 4 nitrogen and oxygen atoms in total. The second-order valence-corrected chi connectivity index (χ2v) is 14.5. The molecule has 6 N–H and O–H groups in total. The number of nitrogens with two attached hydrogens (primary N) is 2. The smallest absolute Gasteiger partial charge is 0.123 e. The molecule has 0 heterocycles. The van der Waals surface area contributed by atoms with Crippen molar-refractivity contribution < 1.29 is 5.11 Å². The fraction of sp³-hybridized carbons (Fsp3) is 0.160. The molecular weight excluding hydrogens is 659 g/mol. The fourth-order valence-electron chi connectivity index (χ4n) is 9.36. The minimum Gasteiger partial charge on any atom is -0.507 e. The molecule has 4 unspecified atom stereocenters. The summed E-state index contributed by atoms with van der Waals surface area (Å²) in [7, 11) is 0. The monoisotopic (exact) mass is 705 g/mol. The first-order valence-electron chi connectivity index (χ1n) is 19.0. The minimum absolute atomic E-state index is 0.203. The Balaban J connectivity index is 0.000000533. The second-order valence-electron chi connectivity index (χ2n) is 14.5. The highest BCUT2D eigenvalue weighted by atomic mass is 16.3. The number of allylic oxidation sites excluding steroid dienone is 16. The second kappa shape index (κ2) is 15.2. The van der Waals surface area contributed by atoms with E-state index in [9.17, 15) is 5.11 Å². The van der Waals surface area contributed by atoms with Crippen molar-refractivity contribution in [3.63, 3.8) is 0 Å². The number of phenolic OH excluding ortho intramolecular Hbond substituents is 1. The molecule has 9 rings (SSSR count). The Bertz CT molecular complexity index is 2330. The Morgan fingerprint density at radius 2 is 1.67 bits per heavy atom. The van der Waals surface area contributed by atoms with Crippen LogP contribution in [0.2, 0.25) is 0 Å². The highest BCUT2D eigenvalue weighted by molar-refractivity contribution is 5.94. The fourth-order valence-corrected chi connectivity index (χ4v) is 9.36. The lowest BCUT2D eigenvalue weighted by Crippen LogP contribution is -2.33. The SMILES string of the molecule is C=C/C=C\C(=C/C1=CC2c3ccccc3C3(C4=CCCC=C4c4ccccc43)C2C=C1)c1c(O)cccc1C(NN)C1=CC=CCC1.Nc1ccccc1. The van der Waals surface area contributed by atoms with Gasteiger partial charge in [0.2, 0.25) is 0 Å². The van der Waals surface area contributed by atoms with Crippen molar-refractivity contribution in [1.82, 2.24) is 5.43 Å². The largest absolute Gasteiger partial charge is 0.507 e. The summed E-state index contributed by atoms with van der Waals surface area (Å²) in [4.78, 5) is 0. The van der Waals surface area contributed by atoms with E-state index in [0.717, 1.165) is 53.6 Å². The molecule has 4 aromatic rings. The van der Waals surface area contributed by atoms with Gasteiger partial charge >= 0.3 is 0 Å². The molecular formula is C50H47N3O. The Hall–Kier alpha value is -5.94. The Kier molecular flexibility index (Phi) is 9.88. The van der Waals surface area contributed by atoms with Crippen LogP contribution in [-0.4, -0.2) is 5.11 Å². The number of hydrazine groups is 1. The average molecular weight is 706 g/mol. The molecule has 268 valence electrons. The number of benzene rings is 4. The van der Waals surface area contributed by atoms with E-state index in [2.05, 4.69) is 121 Å². The quantitative estimate of drug-likeness (QED) is 0.0667. The first-order valence-corrected chi connectivity index (χ1v) is 19.0. The van der Waals surface area contributed by atoms with E-state index >= 15 is 0 Å². The molecule has 0 radical (unpaired) electrons. The van der Waals surface area contributed by atoms with Gasteiger partial charge in [-0.3, -0.25) is 5.84 Å². The van der Waals surface area contributed by atoms with Crippen molar-refractivity contribution in [2.24, 2.45) is 11.8 Å². The topological polar surface area (TPSA) is 84.3 Å². The van der Waals surface area contributed by atoms with Crippen molar-refractivity contribution in [2.75, 3.05) is 5.73 Å². The third-order valence-corrected chi connectivity index (χ3v) is 11.5. The number of nitrogen functional groups attached to an aromatic ring is 1. The molecule has 5 aliphatic rings. The van der Waals surface area contributed by atoms with E-state index in [1.54, 1.807) is 12.1 Å². The summed E-state index contributed by atoms with van der Waals surface area (Å²) in [5.41, 5.74) is 22.5. The Morgan fingerprint density at radius 1 is 0.889 bits per heavy atom. The molecule has 1 spiro atoms. The van der Waals surface area contributed by atoms with Crippen molar-refractivity contribution in [3.8, 4) is 5.75 Å². The summed E-state index contributed by atoms with van der Waals surface area (Å²) >= 11 is 0. The Labute approximate surface area is 319 Å². The highest BCUT2D eigenvalue weighted by Gasteiger charge is 2.58. The number of fused-ring (bicyclic) bond motifs is 10. The summed E-state index contributed by atoms with van der Waals surface area (Å²) < 4.78 is 0. The molecule has 0 saturated carbocycles. The summed E-state index contributed by atoms with van der Waals surface area (Å²) in [6.07, 6.45) is 30.6. The first-order chi connectivity index (χ1) is 26.6. The lowest BCUT2D eigenvalue weighted by atomic mass is 9.64. The highest BCUT2D eigenvalue weighted by Crippen LogP contribution is 2.66. The third-order valence-electron chi connectivity index (χ3n) is 11.5. The number of para-hydroxylation sites is 1. The lowest BCUT2D eigenvalue weighted by Gasteiger charge is -2.37. The molecule has 54 heavy (non-hydrogen) atoms. The van der Waals surface area contributed by atoms with E-state index in [-0.39, 0.29) is 29.0 Å². The zero-order chi connectivity index (χ0) is 37.1. The van der Waals surface area contributed by atoms with Gasteiger partial charge in [-0.05, 0) is 106 Å². The van der Waals surface area contributed by atoms with Gasteiger partial charge in [0.1, 0.15) is 5.75 Å². The number of aromatic hydroxyl groups is 1. The van der Waals surface area contributed by atoms with E-state index in [1.165, 1.54) is 39.0 Å². The van der Waals surface area contributed by atoms with E-state index < -0.39 is 0 Å². The number of rotatable bonds is 7. The van der Waals surface area contributed by atoms with E-state index in [0.29, 0.717) is 0 Å². The van der Waals surface area contributed by atoms with Crippen LogP contribution in [0.1, 0.15) is 71.0 Å². The predicted molar refractivity (Wildman–Crippen MR) is 225 cm³/mol. The maximum atomic E-state index is 11.4.